The molecule has 0 fully saturated rings. The Kier molecular flexibility index (Phi) is 6.09. The van der Waals surface area contributed by atoms with Gasteiger partial charge < -0.3 is 9.47 Å². The Balaban J connectivity index is 2.66. The van der Waals surface area contributed by atoms with Gasteiger partial charge in [-0.15, -0.1) is 0 Å². The maximum absolute atomic E-state index is 10.9. The van der Waals surface area contributed by atoms with Crippen molar-refractivity contribution in [3.63, 3.8) is 0 Å². The van der Waals surface area contributed by atoms with Gasteiger partial charge in [0.05, 0.1) is 0 Å². The van der Waals surface area contributed by atoms with Gasteiger partial charge in [0.2, 0.25) is 0 Å². The third-order valence-electron chi connectivity index (χ3n) is 2.14. The first-order valence-corrected chi connectivity index (χ1v) is 6.09. The molecule has 0 aliphatic rings. The molecular formula is C14H15ClO4. The molecule has 19 heavy (non-hydrogen) atoms. The lowest BCUT2D eigenvalue weighted by molar-refractivity contribution is -0.153. The molecule has 0 heterocycles. The van der Waals surface area contributed by atoms with Crippen molar-refractivity contribution in [1.82, 2.24) is 0 Å². The molecule has 0 radical (unpaired) electrons. The van der Waals surface area contributed by atoms with Crippen molar-refractivity contribution in [2.45, 2.75) is 20.0 Å². The summed E-state index contributed by atoms with van der Waals surface area (Å²) >= 11 is 5.78. The van der Waals surface area contributed by atoms with E-state index < -0.39 is 18.0 Å². The fourth-order valence-corrected chi connectivity index (χ4v) is 1.46. The minimum absolute atomic E-state index is 0.000989. The van der Waals surface area contributed by atoms with E-state index >= 15 is 0 Å². The van der Waals surface area contributed by atoms with Crippen LogP contribution in [0.1, 0.15) is 19.4 Å². The summed E-state index contributed by atoms with van der Waals surface area (Å²) in [5.41, 5.74) is 0.907. The van der Waals surface area contributed by atoms with Crippen molar-refractivity contribution < 1.29 is 19.1 Å². The molecule has 0 saturated carbocycles. The Morgan fingerprint density at radius 3 is 2.37 bits per heavy atom. The van der Waals surface area contributed by atoms with Crippen LogP contribution in [0.25, 0.3) is 6.08 Å². The van der Waals surface area contributed by atoms with Gasteiger partial charge in [0.15, 0.2) is 6.10 Å². The molecule has 0 N–H and O–H groups in total. The molecule has 1 aromatic rings. The summed E-state index contributed by atoms with van der Waals surface area (Å²) in [6, 6.07) is 7.17. The van der Waals surface area contributed by atoms with E-state index in [9.17, 15) is 9.59 Å². The number of ether oxygens (including phenoxy) is 2. The number of benzene rings is 1. The minimum Gasteiger partial charge on any atom is -0.462 e. The lowest BCUT2D eigenvalue weighted by Gasteiger charge is -2.12. The maximum Gasteiger partial charge on any atom is 0.303 e. The number of esters is 2. The molecule has 0 aliphatic heterocycles. The second-order valence-electron chi connectivity index (χ2n) is 3.86. The van der Waals surface area contributed by atoms with Crippen LogP contribution in [0.2, 0.25) is 5.02 Å². The molecule has 0 aliphatic carbocycles. The first kappa shape index (κ1) is 15.2. The quantitative estimate of drug-likeness (QED) is 0.779. The highest BCUT2D eigenvalue weighted by Gasteiger charge is 2.10. The molecule has 1 atom stereocenters. The zero-order valence-corrected chi connectivity index (χ0v) is 11.5. The molecule has 1 rings (SSSR count). The van der Waals surface area contributed by atoms with E-state index in [-0.39, 0.29) is 6.61 Å². The number of hydrogen-bond acceptors (Lipinski definition) is 4. The van der Waals surface area contributed by atoms with Crippen LogP contribution >= 0.6 is 11.6 Å². The van der Waals surface area contributed by atoms with Crippen molar-refractivity contribution >= 4 is 29.6 Å². The summed E-state index contributed by atoms with van der Waals surface area (Å²) < 4.78 is 9.84. The molecule has 1 unspecified atom stereocenters. The van der Waals surface area contributed by atoms with Crippen LogP contribution in [0.3, 0.4) is 0 Å². The van der Waals surface area contributed by atoms with Crippen molar-refractivity contribution in [3.05, 3.63) is 40.9 Å². The van der Waals surface area contributed by atoms with Crippen molar-refractivity contribution in [2.24, 2.45) is 0 Å². The van der Waals surface area contributed by atoms with Gasteiger partial charge in [0.25, 0.3) is 0 Å². The monoisotopic (exact) mass is 282 g/mol. The molecule has 0 saturated heterocycles. The summed E-state index contributed by atoms with van der Waals surface area (Å²) in [6.45, 7) is 2.60. The smallest absolute Gasteiger partial charge is 0.303 e. The summed E-state index contributed by atoms with van der Waals surface area (Å²) in [5, 5.41) is 0.647. The number of halogens is 1. The van der Waals surface area contributed by atoms with Gasteiger partial charge in [-0.1, -0.05) is 29.8 Å². The highest BCUT2D eigenvalue weighted by Crippen LogP contribution is 2.11. The lowest BCUT2D eigenvalue weighted by Crippen LogP contribution is -2.21. The minimum atomic E-state index is -0.600. The Bertz CT molecular complexity index is 465. The van der Waals surface area contributed by atoms with Crippen LogP contribution in [0.4, 0.5) is 0 Å². The predicted octanol–water partition coefficient (Wildman–Crippen LogP) is 2.85. The summed E-state index contributed by atoms with van der Waals surface area (Å²) in [6.07, 6.45) is 2.83. The third-order valence-corrected chi connectivity index (χ3v) is 2.39. The van der Waals surface area contributed by atoms with Gasteiger partial charge in [0.1, 0.15) is 6.61 Å². The molecular weight excluding hydrogens is 268 g/mol. The van der Waals surface area contributed by atoms with Gasteiger partial charge in [-0.25, -0.2) is 0 Å². The first-order valence-electron chi connectivity index (χ1n) is 5.71. The van der Waals surface area contributed by atoms with Gasteiger partial charge in [0, 0.05) is 18.9 Å². The molecule has 5 heteroatoms. The van der Waals surface area contributed by atoms with Crippen molar-refractivity contribution in [3.8, 4) is 0 Å². The Labute approximate surface area is 117 Å². The number of carbonyl (C=O) groups excluding carboxylic acids is 2. The van der Waals surface area contributed by atoms with Crippen LogP contribution in [0.5, 0.6) is 0 Å². The van der Waals surface area contributed by atoms with Gasteiger partial charge in [-0.2, -0.15) is 0 Å². The van der Waals surface area contributed by atoms with Gasteiger partial charge in [-0.3, -0.25) is 9.59 Å². The predicted molar refractivity (Wildman–Crippen MR) is 72.7 cm³/mol. The van der Waals surface area contributed by atoms with Crippen molar-refractivity contribution in [1.29, 1.82) is 0 Å². The van der Waals surface area contributed by atoms with Crippen LogP contribution in [0.15, 0.2) is 30.3 Å². The van der Waals surface area contributed by atoms with Gasteiger partial charge in [-0.05, 0) is 23.8 Å². The highest BCUT2D eigenvalue weighted by atomic mass is 35.5. The molecule has 4 nitrogen and oxygen atoms in total. The molecule has 102 valence electrons. The summed E-state index contributed by atoms with van der Waals surface area (Å²) in [5.74, 6) is -0.852. The Morgan fingerprint density at radius 2 is 1.84 bits per heavy atom. The second-order valence-corrected chi connectivity index (χ2v) is 4.30. The first-order chi connectivity index (χ1) is 8.97. The van der Waals surface area contributed by atoms with E-state index in [2.05, 4.69) is 0 Å². The third kappa shape index (κ3) is 6.62. The number of carbonyl (C=O) groups is 2. The second kappa shape index (κ2) is 7.59. The van der Waals surface area contributed by atoms with E-state index in [0.29, 0.717) is 5.02 Å². The van der Waals surface area contributed by atoms with Gasteiger partial charge >= 0.3 is 11.9 Å². The fourth-order valence-electron chi connectivity index (χ4n) is 1.33. The average Bonchev–Trinajstić information content (AvgIpc) is 2.34. The fraction of sp³-hybridized carbons (Fsp3) is 0.286. The summed E-state index contributed by atoms with van der Waals surface area (Å²) in [4.78, 5) is 21.7. The molecule has 0 bridgehead atoms. The maximum atomic E-state index is 10.9. The molecule has 0 aromatic heterocycles. The topological polar surface area (TPSA) is 52.6 Å². The van der Waals surface area contributed by atoms with Crippen LogP contribution in [0, 0.1) is 0 Å². The van der Waals surface area contributed by atoms with E-state index in [1.54, 1.807) is 24.3 Å². The molecule has 0 spiro atoms. The normalized spacial score (nSPS) is 12.2. The van der Waals surface area contributed by atoms with Crippen LogP contribution in [-0.4, -0.2) is 24.6 Å². The van der Waals surface area contributed by atoms with E-state index in [4.69, 9.17) is 21.1 Å². The van der Waals surface area contributed by atoms with Crippen molar-refractivity contribution in [2.75, 3.05) is 6.61 Å². The Morgan fingerprint density at radius 1 is 1.21 bits per heavy atom. The Hall–Kier alpha value is -1.81. The standard InChI is InChI=1S/C14H15ClO4/c1-10(16)18-9-14(19-11(2)17)8-5-12-3-6-13(15)7-4-12/h3-8,14H,9H2,1-2H3/b8-5+. The largest absolute Gasteiger partial charge is 0.462 e. The number of hydrogen-bond donors (Lipinski definition) is 0. The zero-order valence-electron chi connectivity index (χ0n) is 10.8. The summed E-state index contributed by atoms with van der Waals surface area (Å²) in [7, 11) is 0. The number of rotatable bonds is 5. The average molecular weight is 283 g/mol. The molecule has 0 amide bonds. The SMILES string of the molecule is CC(=O)OCC(/C=C/c1ccc(Cl)cc1)OC(C)=O. The lowest BCUT2D eigenvalue weighted by atomic mass is 10.2. The van der Waals surface area contributed by atoms with Crippen LogP contribution < -0.4 is 0 Å². The molecule has 1 aromatic carbocycles. The van der Waals surface area contributed by atoms with E-state index in [1.807, 2.05) is 12.1 Å². The highest BCUT2D eigenvalue weighted by molar-refractivity contribution is 6.30. The van der Waals surface area contributed by atoms with E-state index in [1.165, 1.54) is 13.8 Å². The van der Waals surface area contributed by atoms with Crippen LogP contribution in [-0.2, 0) is 19.1 Å². The van der Waals surface area contributed by atoms with E-state index in [0.717, 1.165) is 5.56 Å². The zero-order chi connectivity index (χ0) is 14.3.